The van der Waals surface area contributed by atoms with E-state index in [4.69, 9.17) is 0 Å². The Bertz CT molecular complexity index is 279. The van der Waals surface area contributed by atoms with Crippen LogP contribution in [0.3, 0.4) is 0 Å². The van der Waals surface area contributed by atoms with E-state index in [1.54, 1.807) is 0 Å². The van der Waals surface area contributed by atoms with Crippen LogP contribution in [0.2, 0.25) is 0 Å². The lowest BCUT2D eigenvalue weighted by Gasteiger charge is -2.31. The predicted molar refractivity (Wildman–Crippen MR) is 60.0 cm³/mol. The third-order valence-electron chi connectivity index (χ3n) is 3.02. The summed E-state index contributed by atoms with van der Waals surface area (Å²) >= 11 is 0. The molecule has 14 heavy (non-hydrogen) atoms. The summed E-state index contributed by atoms with van der Waals surface area (Å²) in [6.45, 7) is 8.94. The molecule has 1 nitrogen and oxygen atoms in total. The van der Waals surface area contributed by atoms with Crippen molar-refractivity contribution in [2.24, 2.45) is 0 Å². The number of hydrogen-bond acceptors (Lipinski definition) is 0. The van der Waals surface area contributed by atoms with Gasteiger partial charge in [-0.2, -0.15) is 0 Å². The van der Waals surface area contributed by atoms with E-state index in [1.807, 2.05) is 0 Å². The van der Waals surface area contributed by atoms with Crippen LogP contribution in [0.5, 0.6) is 0 Å². The quantitative estimate of drug-likeness (QED) is 0.544. The Morgan fingerprint density at radius 3 is 2.14 bits per heavy atom. The number of aryl methyl sites for hydroxylation is 1. The molecule has 0 unspecified atom stereocenters. The first-order valence-corrected chi connectivity index (χ1v) is 5.04. The van der Waals surface area contributed by atoms with Crippen molar-refractivity contribution < 1.29 is 24.0 Å². The second-order valence-electron chi connectivity index (χ2n) is 3.87. The predicted octanol–water partition coefficient (Wildman–Crippen LogP) is -0.0241. The van der Waals surface area contributed by atoms with Crippen LogP contribution < -0.4 is 28.5 Å². The van der Waals surface area contributed by atoms with E-state index >= 15 is 0 Å². The lowest BCUT2D eigenvalue weighted by Crippen LogP contribution is -3.00. The maximum Gasteiger partial charge on any atom is 0.132 e. The van der Waals surface area contributed by atoms with E-state index in [2.05, 4.69) is 52.1 Å². The van der Waals surface area contributed by atoms with Crippen LogP contribution in [0.25, 0.3) is 0 Å². The number of quaternary nitrogens is 1. The molecule has 1 aromatic carbocycles. The Kier molecular flexibility index (Phi) is 5.67. The molecule has 0 spiro atoms. The normalized spacial score (nSPS) is 10.9. The van der Waals surface area contributed by atoms with Crippen LogP contribution >= 0.6 is 0 Å². The van der Waals surface area contributed by atoms with Crippen LogP contribution in [-0.2, 0) is 0 Å². The summed E-state index contributed by atoms with van der Waals surface area (Å²) in [5.41, 5.74) is 2.77. The third-order valence-corrected chi connectivity index (χ3v) is 3.02. The molecule has 0 heterocycles. The molecule has 0 aromatic heterocycles. The minimum Gasteiger partial charge on any atom is -1.00 e. The highest BCUT2D eigenvalue weighted by Crippen LogP contribution is 2.21. The van der Waals surface area contributed by atoms with Gasteiger partial charge in [0, 0.05) is 6.07 Å². The Morgan fingerprint density at radius 2 is 1.71 bits per heavy atom. The molecular formula is C12H20IN. The first-order valence-electron chi connectivity index (χ1n) is 5.04. The summed E-state index contributed by atoms with van der Waals surface area (Å²) in [6, 6.07) is 8.80. The number of nitrogens with zero attached hydrogens (tertiary/aromatic N) is 1. The number of benzene rings is 1. The van der Waals surface area contributed by atoms with Crippen molar-refractivity contribution in [3.05, 3.63) is 29.8 Å². The molecule has 0 bridgehead atoms. The smallest absolute Gasteiger partial charge is 0.132 e. The monoisotopic (exact) mass is 305 g/mol. The fraction of sp³-hybridized carbons (Fsp3) is 0.500. The largest absolute Gasteiger partial charge is 1.00 e. The minimum absolute atomic E-state index is 0. The molecule has 0 N–H and O–H groups in total. The SMILES string of the molecule is CC[N+](C)(CC)c1cccc(C)c1.[I-]. The molecule has 0 saturated heterocycles. The summed E-state index contributed by atoms with van der Waals surface area (Å²) in [4.78, 5) is 0. The zero-order chi connectivity index (χ0) is 9.90. The highest BCUT2D eigenvalue weighted by molar-refractivity contribution is 5.44. The zero-order valence-electron chi connectivity index (χ0n) is 9.55. The van der Waals surface area contributed by atoms with E-state index in [0.717, 1.165) is 17.6 Å². The lowest BCUT2D eigenvalue weighted by molar-refractivity contribution is -0.00000295. The van der Waals surface area contributed by atoms with Gasteiger partial charge in [0.25, 0.3) is 0 Å². The maximum atomic E-state index is 2.29. The van der Waals surface area contributed by atoms with Gasteiger partial charge in [0.05, 0.1) is 20.1 Å². The van der Waals surface area contributed by atoms with Crippen molar-refractivity contribution in [3.63, 3.8) is 0 Å². The summed E-state index contributed by atoms with van der Waals surface area (Å²) < 4.78 is 1.03. The molecular weight excluding hydrogens is 285 g/mol. The Morgan fingerprint density at radius 1 is 1.14 bits per heavy atom. The summed E-state index contributed by atoms with van der Waals surface area (Å²) in [7, 11) is 2.29. The van der Waals surface area contributed by atoms with Crippen LogP contribution in [0.1, 0.15) is 19.4 Å². The number of hydrogen-bond donors (Lipinski definition) is 0. The van der Waals surface area contributed by atoms with Gasteiger partial charge in [0.1, 0.15) is 5.69 Å². The van der Waals surface area contributed by atoms with Crippen molar-refractivity contribution in [2.45, 2.75) is 20.8 Å². The fourth-order valence-electron chi connectivity index (χ4n) is 1.55. The molecule has 0 fully saturated rings. The third kappa shape index (κ3) is 2.95. The van der Waals surface area contributed by atoms with E-state index in [-0.39, 0.29) is 24.0 Å². The zero-order valence-corrected chi connectivity index (χ0v) is 11.7. The summed E-state index contributed by atoms with van der Waals surface area (Å²) in [5, 5.41) is 0. The molecule has 0 amide bonds. The van der Waals surface area contributed by atoms with Crippen molar-refractivity contribution in [2.75, 3.05) is 20.1 Å². The van der Waals surface area contributed by atoms with Crippen molar-refractivity contribution >= 4 is 5.69 Å². The molecule has 0 radical (unpaired) electrons. The van der Waals surface area contributed by atoms with Crippen LogP contribution in [-0.4, -0.2) is 20.1 Å². The molecule has 0 saturated carbocycles. The van der Waals surface area contributed by atoms with Crippen LogP contribution in [0.4, 0.5) is 5.69 Å². The Balaban J connectivity index is 0.00000169. The number of rotatable bonds is 3. The molecule has 0 aliphatic carbocycles. The first kappa shape index (κ1) is 13.9. The van der Waals surface area contributed by atoms with Gasteiger partial charge in [-0.25, -0.2) is 0 Å². The maximum absolute atomic E-state index is 2.29. The van der Waals surface area contributed by atoms with E-state index in [9.17, 15) is 0 Å². The molecule has 0 aliphatic heterocycles. The Labute approximate surface area is 105 Å². The standard InChI is InChI=1S/C12H20N.HI/c1-5-13(4,6-2)12-9-7-8-11(3)10-12;/h7-10H,5-6H2,1-4H3;1H/q+1;/p-1. The summed E-state index contributed by atoms with van der Waals surface area (Å²) in [5.74, 6) is 0. The highest BCUT2D eigenvalue weighted by Gasteiger charge is 2.19. The van der Waals surface area contributed by atoms with Gasteiger partial charge in [-0.3, -0.25) is 4.48 Å². The fourth-order valence-corrected chi connectivity index (χ4v) is 1.55. The van der Waals surface area contributed by atoms with Crippen molar-refractivity contribution in [1.82, 2.24) is 4.48 Å². The van der Waals surface area contributed by atoms with Gasteiger partial charge in [-0.05, 0) is 32.4 Å². The lowest BCUT2D eigenvalue weighted by atomic mass is 10.2. The van der Waals surface area contributed by atoms with Gasteiger partial charge in [-0.15, -0.1) is 0 Å². The molecule has 2 heteroatoms. The van der Waals surface area contributed by atoms with Crippen molar-refractivity contribution in [3.8, 4) is 0 Å². The number of halogens is 1. The van der Waals surface area contributed by atoms with Crippen LogP contribution in [0.15, 0.2) is 24.3 Å². The molecule has 0 aliphatic rings. The first-order chi connectivity index (χ1) is 6.12. The molecule has 1 rings (SSSR count). The molecule has 1 aromatic rings. The topological polar surface area (TPSA) is 0 Å². The van der Waals surface area contributed by atoms with Gasteiger partial charge >= 0.3 is 0 Å². The van der Waals surface area contributed by atoms with Gasteiger partial charge in [0.2, 0.25) is 0 Å². The van der Waals surface area contributed by atoms with Gasteiger partial charge in [0.15, 0.2) is 0 Å². The van der Waals surface area contributed by atoms with Crippen molar-refractivity contribution in [1.29, 1.82) is 0 Å². The highest BCUT2D eigenvalue weighted by atomic mass is 127. The van der Waals surface area contributed by atoms with Crippen LogP contribution in [0, 0.1) is 6.92 Å². The minimum atomic E-state index is 0. The second kappa shape index (κ2) is 5.71. The molecule has 80 valence electrons. The average Bonchev–Trinajstić information content (AvgIpc) is 2.17. The van der Waals surface area contributed by atoms with E-state index in [1.165, 1.54) is 11.3 Å². The van der Waals surface area contributed by atoms with Gasteiger partial charge in [-0.1, -0.05) is 12.1 Å². The van der Waals surface area contributed by atoms with E-state index < -0.39 is 0 Å². The van der Waals surface area contributed by atoms with E-state index in [0.29, 0.717) is 0 Å². The average molecular weight is 305 g/mol. The van der Waals surface area contributed by atoms with Gasteiger partial charge < -0.3 is 24.0 Å². The molecule has 0 atom stereocenters. The Hall–Kier alpha value is -0.0900. The second-order valence-corrected chi connectivity index (χ2v) is 3.87. The summed E-state index contributed by atoms with van der Waals surface area (Å²) in [6.07, 6.45) is 0.